The molecule has 30 heavy (non-hydrogen) atoms. The molecule has 1 atom stereocenters. The molecule has 156 valence electrons. The molecule has 1 aromatic carbocycles. The molecule has 1 saturated heterocycles. The van der Waals surface area contributed by atoms with Crippen LogP contribution in [0, 0.1) is 5.82 Å². The van der Waals surface area contributed by atoms with Crippen LogP contribution in [0.5, 0.6) is 0 Å². The van der Waals surface area contributed by atoms with Crippen LogP contribution in [0.3, 0.4) is 0 Å². The summed E-state index contributed by atoms with van der Waals surface area (Å²) in [5.74, 6) is -0.492. The van der Waals surface area contributed by atoms with Gasteiger partial charge in [0, 0.05) is 25.9 Å². The molecule has 0 aliphatic carbocycles. The standard InChI is InChI=1S/C20H20FN5O4/c1-24-16(27)9-11-25(20(24)29)12-17(28)26-10-5-4-8-15(26)19-23-22-18(30-19)13-6-2-3-7-14(13)21/h2-3,6-7,9,11,15H,4-5,8,10,12H2,1H3/t15-/m1/s1. The van der Waals surface area contributed by atoms with Gasteiger partial charge in [-0.15, -0.1) is 10.2 Å². The van der Waals surface area contributed by atoms with Gasteiger partial charge in [0.2, 0.25) is 11.8 Å². The molecule has 0 spiro atoms. The summed E-state index contributed by atoms with van der Waals surface area (Å²) in [4.78, 5) is 38.3. The van der Waals surface area contributed by atoms with Crippen LogP contribution < -0.4 is 11.2 Å². The molecule has 0 saturated carbocycles. The number of halogens is 1. The first-order chi connectivity index (χ1) is 14.5. The van der Waals surface area contributed by atoms with Gasteiger partial charge >= 0.3 is 5.69 Å². The third-order valence-electron chi connectivity index (χ3n) is 5.22. The zero-order valence-electron chi connectivity index (χ0n) is 16.3. The van der Waals surface area contributed by atoms with Crippen LogP contribution in [0.15, 0.2) is 50.5 Å². The molecule has 3 aromatic rings. The maximum absolute atomic E-state index is 14.0. The van der Waals surface area contributed by atoms with Crippen molar-refractivity contribution in [2.24, 2.45) is 7.05 Å². The molecule has 1 amide bonds. The fourth-order valence-corrected chi connectivity index (χ4v) is 3.57. The normalized spacial score (nSPS) is 16.6. The quantitative estimate of drug-likeness (QED) is 0.642. The van der Waals surface area contributed by atoms with E-state index in [2.05, 4.69) is 10.2 Å². The number of piperidine rings is 1. The van der Waals surface area contributed by atoms with Crippen molar-refractivity contribution in [3.63, 3.8) is 0 Å². The minimum atomic E-state index is -0.566. The highest BCUT2D eigenvalue weighted by Gasteiger charge is 2.32. The largest absolute Gasteiger partial charge is 0.418 e. The van der Waals surface area contributed by atoms with Gasteiger partial charge in [-0.05, 0) is 31.4 Å². The molecule has 9 nitrogen and oxygen atoms in total. The summed E-state index contributed by atoms with van der Waals surface area (Å²) in [6, 6.07) is 6.87. The molecule has 2 aromatic heterocycles. The second kappa shape index (κ2) is 8.05. The minimum absolute atomic E-state index is 0.0513. The monoisotopic (exact) mass is 413 g/mol. The van der Waals surface area contributed by atoms with Crippen LogP contribution in [0.25, 0.3) is 11.5 Å². The van der Waals surface area contributed by atoms with Gasteiger partial charge < -0.3 is 9.32 Å². The fraction of sp³-hybridized carbons (Fsp3) is 0.350. The molecular formula is C20H20FN5O4. The van der Waals surface area contributed by atoms with Gasteiger partial charge in [0.15, 0.2) is 0 Å². The van der Waals surface area contributed by atoms with Crippen molar-refractivity contribution in [1.29, 1.82) is 0 Å². The van der Waals surface area contributed by atoms with Crippen LogP contribution in [0.2, 0.25) is 0 Å². The number of hydrogen-bond acceptors (Lipinski definition) is 6. The molecule has 4 rings (SSSR count). The lowest BCUT2D eigenvalue weighted by atomic mass is 10.0. The maximum atomic E-state index is 14.0. The Labute approximate surface area is 170 Å². The Morgan fingerprint density at radius 1 is 1.20 bits per heavy atom. The Hall–Kier alpha value is -3.56. The molecule has 0 N–H and O–H groups in total. The minimum Gasteiger partial charge on any atom is -0.418 e. The Morgan fingerprint density at radius 2 is 2.00 bits per heavy atom. The predicted octanol–water partition coefficient (Wildman–Crippen LogP) is 1.49. The molecule has 10 heteroatoms. The molecular weight excluding hydrogens is 393 g/mol. The van der Waals surface area contributed by atoms with Crippen LogP contribution in [0.1, 0.15) is 31.2 Å². The van der Waals surface area contributed by atoms with Crippen molar-refractivity contribution >= 4 is 5.91 Å². The summed E-state index contributed by atoms with van der Waals surface area (Å²) >= 11 is 0. The Balaban J connectivity index is 1.59. The number of hydrogen-bond donors (Lipinski definition) is 0. The summed E-state index contributed by atoms with van der Waals surface area (Å²) in [5, 5.41) is 8.00. The van der Waals surface area contributed by atoms with E-state index in [0.717, 1.165) is 17.4 Å². The van der Waals surface area contributed by atoms with Gasteiger partial charge in [-0.3, -0.25) is 18.7 Å². The summed E-state index contributed by atoms with van der Waals surface area (Å²) in [5.41, 5.74) is -0.809. The van der Waals surface area contributed by atoms with E-state index in [-0.39, 0.29) is 29.8 Å². The molecule has 3 heterocycles. The number of likely N-dealkylation sites (tertiary alicyclic amines) is 1. The highest BCUT2D eigenvalue weighted by Crippen LogP contribution is 2.32. The number of benzene rings is 1. The van der Waals surface area contributed by atoms with Gasteiger partial charge in [0.05, 0.1) is 5.56 Å². The first kappa shape index (κ1) is 19.7. The highest BCUT2D eigenvalue weighted by molar-refractivity contribution is 5.76. The van der Waals surface area contributed by atoms with Crippen molar-refractivity contribution in [3.8, 4) is 11.5 Å². The first-order valence-corrected chi connectivity index (χ1v) is 9.60. The average Bonchev–Trinajstić information content (AvgIpc) is 3.24. The van der Waals surface area contributed by atoms with Gasteiger partial charge in [-0.1, -0.05) is 12.1 Å². The smallest absolute Gasteiger partial charge is 0.331 e. The van der Waals surface area contributed by atoms with Crippen molar-refractivity contribution in [2.45, 2.75) is 31.8 Å². The van der Waals surface area contributed by atoms with E-state index in [1.165, 1.54) is 29.9 Å². The van der Waals surface area contributed by atoms with E-state index < -0.39 is 23.1 Å². The summed E-state index contributed by atoms with van der Waals surface area (Å²) < 4.78 is 21.9. The van der Waals surface area contributed by atoms with E-state index in [0.29, 0.717) is 13.0 Å². The third-order valence-corrected chi connectivity index (χ3v) is 5.22. The number of nitrogens with zero attached hydrogens (tertiary/aromatic N) is 5. The molecule has 1 aliphatic rings. The SMILES string of the molecule is Cn1c(=O)ccn(CC(=O)N2CCCC[C@@H]2c2nnc(-c3ccccc3F)o2)c1=O. The number of carbonyl (C=O) groups excluding carboxylic acids is 1. The lowest BCUT2D eigenvalue weighted by Gasteiger charge is -2.33. The van der Waals surface area contributed by atoms with E-state index >= 15 is 0 Å². The lowest BCUT2D eigenvalue weighted by Crippen LogP contribution is -2.44. The topological polar surface area (TPSA) is 103 Å². The molecule has 1 aliphatic heterocycles. The number of carbonyl (C=O) groups is 1. The van der Waals surface area contributed by atoms with Crippen molar-refractivity contribution in [3.05, 3.63) is 69.1 Å². The Bertz CT molecular complexity index is 1200. The highest BCUT2D eigenvalue weighted by atomic mass is 19.1. The van der Waals surface area contributed by atoms with E-state index in [1.807, 2.05) is 0 Å². The van der Waals surface area contributed by atoms with Crippen LogP contribution in [-0.4, -0.2) is 36.7 Å². The number of rotatable bonds is 4. The van der Waals surface area contributed by atoms with Crippen molar-refractivity contribution < 1.29 is 13.6 Å². The van der Waals surface area contributed by atoms with Crippen LogP contribution in [-0.2, 0) is 18.4 Å². The van der Waals surface area contributed by atoms with Crippen molar-refractivity contribution in [1.82, 2.24) is 24.2 Å². The molecule has 0 bridgehead atoms. The fourth-order valence-electron chi connectivity index (χ4n) is 3.57. The van der Waals surface area contributed by atoms with Gasteiger partial charge in [0.1, 0.15) is 18.4 Å². The summed E-state index contributed by atoms with van der Waals surface area (Å²) in [6.07, 6.45) is 3.60. The second-order valence-electron chi connectivity index (χ2n) is 7.15. The van der Waals surface area contributed by atoms with Crippen molar-refractivity contribution in [2.75, 3.05) is 6.54 Å². The molecule has 0 unspecified atom stereocenters. The van der Waals surface area contributed by atoms with E-state index in [9.17, 15) is 18.8 Å². The Morgan fingerprint density at radius 3 is 2.80 bits per heavy atom. The number of aromatic nitrogens is 4. The van der Waals surface area contributed by atoms with Crippen LogP contribution >= 0.6 is 0 Å². The second-order valence-corrected chi connectivity index (χ2v) is 7.15. The first-order valence-electron chi connectivity index (χ1n) is 9.60. The Kier molecular flexibility index (Phi) is 5.30. The number of amides is 1. The maximum Gasteiger partial charge on any atom is 0.331 e. The van der Waals surface area contributed by atoms with E-state index in [4.69, 9.17) is 4.42 Å². The van der Waals surface area contributed by atoms with E-state index in [1.54, 1.807) is 23.1 Å². The third kappa shape index (κ3) is 3.68. The van der Waals surface area contributed by atoms with Gasteiger partial charge in [-0.25, -0.2) is 9.18 Å². The van der Waals surface area contributed by atoms with Crippen LogP contribution in [0.4, 0.5) is 4.39 Å². The average molecular weight is 413 g/mol. The molecule has 0 radical (unpaired) electrons. The van der Waals surface area contributed by atoms with Gasteiger partial charge in [0.25, 0.3) is 11.4 Å². The van der Waals surface area contributed by atoms with Gasteiger partial charge in [-0.2, -0.15) is 0 Å². The lowest BCUT2D eigenvalue weighted by molar-refractivity contribution is -0.136. The summed E-state index contributed by atoms with van der Waals surface area (Å²) in [7, 11) is 1.36. The zero-order valence-corrected chi connectivity index (χ0v) is 16.3. The molecule has 1 fully saturated rings. The summed E-state index contributed by atoms with van der Waals surface area (Å²) in [6.45, 7) is 0.263. The predicted molar refractivity (Wildman–Crippen MR) is 104 cm³/mol. The zero-order chi connectivity index (χ0) is 21.3.